The topological polar surface area (TPSA) is 64.9 Å². The zero-order valence-corrected chi connectivity index (χ0v) is 13.8. The summed E-state index contributed by atoms with van der Waals surface area (Å²) in [6, 6.07) is 8.06. The fraction of sp³-hybridized carbons (Fsp3) is 0.389. The Labute approximate surface area is 140 Å². The van der Waals surface area contributed by atoms with Crippen LogP contribution in [-0.4, -0.2) is 26.1 Å². The van der Waals surface area contributed by atoms with E-state index in [2.05, 4.69) is 25.9 Å². The molecule has 0 bridgehead atoms. The Morgan fingerprint density at radius 1 is 1.21 bits per heavy atom. The lowest BCUT2D eigenvalue weighted by Gasteiger charge is -2.13. The van der Waals surface area contributed by atoms with Crippen LogP contribution in [0.5, 0.6) is 5.75 Å². The first kappa shape index (κ1) is 14.9. The molecular weight excluding hydrogens is 302 g/mol. The molecule has 0 unspecified atom stereocenters. The smallest absolute Gasteiger partial charge is 0.165 e. The normalized spacial score (nSPS) is 13.7. The molecule has 1 aliphatic heterocycles. The molecule has 3 heterocycles. The fourth-order valence-electron chi connectivity index (χ4n) is 3.21. The van der Waals surface area contributed by atoms with Gasteiger partial charge in [-0.15, -0.1) is 0 Å². The number of rotatable bonds is 5. The van der Waals surface area contributed by atoms with Crippen LogP contribution in [0, 0.1) is 0 Å². The molecule has 1 N–H and O–H groups in total. The number of hydrogen-bond donors (Lipinski definition) is 1. The summed E-state index contributed by atoms with van der Waals surface area (Å²) in [5.41, 5.74) is 2.90. The highest BCUT2D eigenvalue weighted by atomic mass is 16.5. The Hall–Kier alpha value is -2.63. The van der Waals surface area contributed by atoms with Gasteiger partial charge in [0.2, 0.25) is 0 Å². The Bertz CT molecular complexity index is 858. The van der Waals surface area contributed by atoms with Gasteiger partial charge in [-0.1, -0.05) is 18.2 Å². The molecule has 0 saturated carbocycles. The average molecular weight is 323 g/mol. The van der Waals surface area contributed by atoms with Crippen LogP contribution in [0.25, 0.3) is 11.2 Å². The van der Waals surface area contributed by atoms with Gasteiger partial charge in [-0.25, -0.2) is 15.0 Å². The first-order valence-corrected chi connectivity index (χ1v) is 8.51. The highest BCUT2D eigenvalue weighted by molar-refractivity contribution is 5.83. The van der Waals surface area contributed by atoms with Crippen molar-refractivity contribution in [3.8, 4) is 5.75 Å². The second-order valence-corrected chi connectivity index (χ2v) is 5.93. The Morgan fingerprint density at radius 3 is 3.04 bits per heavy atom. The number of nitrogens with one attached hydrogen (secondary N) is 1. The van der Waals surface area contributed by atoms with Crippen molar-refractivity contribution in [3.05, 3.63) is 42.0 Å². The van der Waals surface area contributed by atoms with E-state index >= 15 is 0 Å². The number of imidazole rings is 1. The number of fused-ring (bicyclic) bond motifs is 3. The lowest BCUT2D eigenvalue weighted by atomic mass is 10.2. The molecule has 1 aromatic carbocycles. The number of hydrogen-bond acceptors (Lipinski definition) is 5. The van der Waals surface area contributed by atoms with E-state index < -0.39 is 0 Å². The molecule has 6 heteroatoms. The van der Waals surface area contributed by atoms with Crippen molar-refractivity contribution in [2.24, 2.45) is 0 Å². The van der Waals surface area contributed by atoms with Crippen LogP contribution in [0.2, 0.25) is 0 Å². The molecule has 0 aliphatic carbocycles. The van der Waals surface area contributed by atoms with Gasteiger partial charge in [0.05, 0.1) is 6.61 Å². The average Bonchev–Trinajstić information content (AvgIpc) is 3.01. The second-order valence-electron chi connectivity index (χ2n) is 5.93. The molecular formula is C18H21N5O. The van der Waals surface area contributed by atoms with Crippen LogP contribution in [0.4, 0.5) is 5.82 Å². The van der Waals surface area contributed by atoms with Crippen molar-refractivity contribution in [1.82, 2.24) is 19.5 Å². The molecule has 0 amide bonds. The van der Waals surface area contributed by atoms with Crippen LogP contribution >= 0.6 is 0 Å². The van der Waals surface area contributed by atoms with Crippen LogP contribution in [0.3, 0.4) is 0 Å². The summed E-state index contributed by atoms with van der Waals surface area (Å²) in [6.07, 6.45) is 5.01. The van der Waals surface area contributed by atoms with Crippen LogP contribution in [0.1, 0.15) is 31.2 Å². The lowest BCUT2D eigenvalue weighted by Crippen LogP contribution is -2.10. The first-order valence-electron chi connectivity index (χ1n) is 8.51. The molecule has 1 aliphatic rings. The van der Waals surface area contributed by atoms with Gasteiger partial charge in [0.25, 0.3) is 0 Å². The predicted octanol–water partition coefficient (Wildman–Crippen LogP) is 3.17. The molecule has 2 aromatic heterocycles. The maximum atomic E-state index is 5.69. The van der Waals surface area contributed by atoms with E-state index in [-0.39, 0.29) is 0 Å². The zero-order valence-electron chi connectivity index (χ0n) is 13.8. The van der Waals surface area contributed by atoms with Gasteiger partial charge in [0.1, 0.15) is 17.9 Å². The summed E-state index contributed by atoms with van der Waals surface area (Å²) in [4.78, 5) is 13.6. The molecule has 124 valence electrons. The standard InChI is InChI=1S/C18H21N5O/c1-2-24-14-8-4-3-7-13(14)11-19-17-16-18(21-12-20-17)23-10-6-5-9-15(23)22-16/h3-4,7-8,12H,2,5-6,9-11H2,1H3,(H,19,20,21). The van der Waals surface area contributed by atoms with Gasteiger partial charge in [0.15, 0.2) is 17.0 Å². The summed E-state index contributed by atoms with van der Waals surface area (Å²) in [5, 5.41) is 3.40. The van der Waals surface area contributed by atoms with Crippen molar-refractivity contribution in [2.45, 2.75) is 39.3 Å². The van der Waals surface area contributed by atoms with E-state index in [4.69, 9.17) is 9.72 Å². The molecule has 0 saturated heterocycles. The largest absolute Gasteiger partial charge is 0.494 e. The molecule has 0 fully saturated rings. The Morgan fingerprint density at radius 2 is 2.12 bits per heavy atom. The molecule has 4 rings (SSSR count). The number of para-hydroxylation sites is 1. The Kier molecular flexibility index (Phi) is 4.02. The first-order chi connectivity index (χ1) is 11.9. The van der Waals surface area contributed by atoms with Gasteiger partial charge in [-0.3, -0.25) is 0 Å². The summed E-state index contributed by atoms with van der Waals surface area (Å²) in [7, 11) is 0. The quantitative estimate of drug-likeness (QED) is 0.781. The Balaban J connectivity index is 1.62. The molecule has 0 radical (unpaired) electrons. The van der Waals surface area contributed by atoms with Crippen LogP contribution in [-0.2, 0) is 19.5 Å². The highest BCUT2D eigenvalue weighted by Gasteiger charge is 2.18. The molecule has 0 atom stereocenters. The minimum atomic E-state index is 0.643. The monoisotopic (exact) mass is 323 g/mol. The number of aryl methyl sites for hydroxylation is 2. The van der Waals surface area contributed by atoms with Gasteiger partial charge >= 0.3 is 0 Å². The number of aromatic nitrogens is 4. The SMILES string of the molecule is CCOc1ccccc1CNc1ncnc2c1nc1n2CCCC1. The zero-order chi connectivity index (χ0) is 16.4. The number of benzene rings is 1. The number of anilines is 1. The third kappa shape index (κ3) is 2.68. The number of nitrogens with zero attached hydrogens (tertiary/aromatic N) is 4. The maximum absolute atomic E-state index is 5.69. The maximum Gasteiger partial charge on any atom is 0.165 e. The van der Waals surface area contributed by atoms with Gasteiger partial charge in [-0.05, 0) is 25.8 Å². The lowest BCUT2D eigenvalue weighted by molar-refractivity contribution is 0.337. The van der Waals surface area contributed by atoms with Gasteiger partial charge in [0, 0.05) is 25.1 Å². The van der Waals surface area contributed by atoms with E-state index in [9.17, 15) is 0 Å². The van der Waals surface area contributed by atoms with Crippen molar-refractivity contribution >= 4 is 17.0 Å². The van der Waals surface area contributed by atoms with E-state index in [1.807, 2.05) is 25.1 Å². The third-order valence-electron chi connectivity index (χ3n) is 4.36. The van der Waals surface area contributed by atoms with Crippen molar-refractivity contribution in [1.29, 1.82) is 0 Å². The number of ether oxygens (including phenoxy) is 1. The van der Waals surface area contributed by atoms with E-state index in [1.165, 1.54) is 12.8 Å². The third-order valence-corrected chi connectivity index (χ3v) is 4.36. The van der Waals surface area contributed by atoms with E-state index in [0.29, 0.717) is 13.2 Å². The van der Waals surface area contributed by atoms with Crippen molar-refractivity contribution in [2.75, 3.05) is 11.9 Å². The van der Waals surface area contributed by atoms with E-state index in [1.54, 1.807) is 6.33 Å². The highest BCUT2D eigenvalue weighted by Crippen LogP contribution is 2.25. The predicted molar refractivity (Wildman–Crippen MR) is 93.2 cm³/mol. The van der Waals surface area contributed by atoms with Gasteiger partial charge in [-0.2, -0.15) is 0 Å². The summed E-state index contributed by atoms with van der Waals surface area (Å²) in [6.45, 7) is 4.29. The molecule has 0 spiro atoms. The minimum absolute atomic E-state index is 0.643. The summed E-state index contributed by atoms with van der Waals surface area (Å²) >= 11 is 0. The van der Waals surface area contributed by atoms with E-state index in [0.717, 1.165) is 47.1 Å². The van der Waals surface area contributed by atoms with Gasteiger partial charge < -0.3 is 14.6 Å². The molecule has 24 heavy (non-hydrogen) atoms. The van der Waals surface area contributed by atoms with Crippen molar-refractivity contribution in [3.63, 3.8) is 0 Å². The van der Waals surface area contributed by atoms with Crippen molar-refractivity contribution < 1.29 is 4.74 Å². The summed E-state index contributed by atoms with van der Waals surface area (Å²) in [5.74, 6) is 2.81. The van der Waals surface area contributed by atoms with Crippen LogP contribution in [0.15, 0.2) is 30.6 Å². The second kappa shape index (κ2) is 6.47. The summed E-state index contributed by atoms with van der Waals surface area (Å²) < 4.78 is 7.91. The van der Waals surface area contributed by atoms with Crippen LogP contribution < -0.4 is 10.1 Å². The molecule has 3 aromatic rings. The molecule has 6 nitrogen and oxygen atoms in total. The minimum Gasteiger partial charge on any atom is -0.494 e. The fourth-order valence-corrected chi connectivity index (χ4v) is 3.21.